The van der Waals surface area contributed by atoms with Gasteiger partial charge in [0.05, 0.1) is 11.1 Å². The lowest BCUT2D eigenvalue weighted by Crippen LogP contribution is -2.16. The number of hydrogen-bond donors (Lipinski definition) is 2. The van der Waals surface area contributed by atoms with Crippen molar-refractivity contribution in [3.05, 3.63) is 59.2 Å². The van der Waals surface area contributed by atoms with Gasteiger partial charge in [-0.3, -0.25) is 9.59 Å². The molecule has 2 aromatic carbocycles. The van der Waals surface area contributed by atoms with Gasteiger partial charge in [-0.25, -0.2) is 8.78 Å². The Labute approximate surface area is 130 Å². The summed E-state index contributed by atoms with van der Waals surface area (Å²) in [5.74, 6) is -3.10. The maximum absolute atomic E-state index is 13.3. The zero-order valence-corrected chi connectivity index (χ0v) is 11.7. The maximum atomic E-state index is 13.3. The summed E-state index contributed by atoms with van der Waals surface area (Å²) in [5.41, 5.74) is 9.40. The first-order valence-electron chi connectivity index (χ1n) is 6.33. The summed E-state index contributed by atoms with van der Waals surface area (Å²) in [7, 11) is -0.326. The second-order valence-corrected chi connectivity index (χ2v) is 4.42. The standard InChI is InChI=1S/C14H11BF2N2O4/c16-11-3-1-7(5-9(11)13(18)20)22-15-23-8-2-4-12(17)10(6-8)14(19)21/h1-6,15H,(H2,18,20)(H2,19,21). The van der Waals surface area contributed by atoms with Crippen LogP contribution in [0.1, 0.15) is 20.7 Å². The highest BCUT2D eigenvalue weighted by atomic mass is 19.1. The van der Waals surface area contributed by atoms with Crippen LogP contribution in [0.25, 0.3) is 0 Å². The Morgan fingerprint density at radius 2 is 1.22 bits per heavy atom. The van der Waals surface area contributed by atoms with E-state index in [0.29, 0.717) is 0 Å². The van der Waals surface area contributed by atoms with Gasteiger partial charge in [0.1, 0.15) is 23.1 Å². The van der Waals surface area contributed by atoms with Crippen molar-refractivity contribution in [1.82, 2.24) is 0 Å². The molecule has 0 aliphatic carbocycles. The molecule has 4 N–H and O–H groups in total. The van der Waals surface area contributed by atoms with Crippen LogP contribution < -0.4 is 20.8 Å². The highest BCUT2D eigenvalue weighted by molar-refractivity contribution is 6.20. The van der Waals surface area contributed by atoms with Crippen molar-refractivity contribution in [2.24, 2.45) is 11.5 Å². The number of carbonyl (C=O) groups excluding carboxylic acids is 2. The minimum Gasteiger partial charge on any atom is -0.528 e. The molecule has 2 rings (SSSR count). The van der Waals surface area contributed by atoms with Crippen molar-refractivity contribution in [3.63, 3.8) is 0 Å². The van der Waals surface area contributed by atoms with Crippen LogP contribution in [0.3, 0.4) is 0 Å². The number of primary amides is 2. The number of nitrogens with two attached hydrogens (primary N) is 2. The largest absolute Gasteiger partial charge is 0.576 e. The molecular weight excluding hydrogens is 309 g/mol. The lowest BCUT2D eigenvalue weighted by molar-refractivity contribution is 0.0987. The number of rotatable bonds is 6. The van der Waals surface area contributed by atoms with Gasteiger partial charge in [-0.15, -0.1) is 0 Å². The second kappa shape index (κ2) is 6.78. The number of amides is 2. The Morgan fingerprint density at radius 1 is 0.826 bits per heavy atom. The van der Waals surface area contributed by atoms with Crippen LogP contribution in [-0.2, 0) is 0 Å². The van der Waals surface area contributed by atoms with Crippen molar-refractivity contribution < 1.29 is 27.7 Å². The average Bonchev–Trinajstić information content (AvgIpc) is 2.50. The molecule has 118 valence electrons. The predicted molar refractivity (Wildman–Crippen MR) is 78.2 cm³/mol. The van der Waals surface area contributed by atoms with Crippen LogP contribution in [-0.4, -0.2) is 19.5 Å². The fraction of sp³-hybridized carbons (Fsp3) is 0. The van der Waals surface area contributed by atoms with Gasteiger partial charge in [-0.1, -0.05) is 0 Å². The highest BCUT2D eigenvalue weighted by Gasteiger charge is 2.12. The van der Waals surface area contributed by atoms with Gasteiger partial charge in [0.15, 0.2) is 0 Å². The van der Waals surface area contributed by atoms with Crippen LogP contribution >= 0.6 is 0 Å². The second-order valence-electron chi connectivity index (χ2n) is 4.42. The van der Waals surface area contributed by atoms with Gasteiger partial charge >= 0.3 is 7.69 Å². The molecule has 0 aliphatic rings. The van der Waals surface area contributed by atoms with E-state index < -0.39 is 23.4 Å². The molecule has 2 amide bonds. The first kappa shape index (κ1) is 16.3. The Morgan fingerprint density at radius 3 is 1.57 bits per heavy atom. The number of benzene rings is 2. The fourth-order valence-corrected chi connectivity index (χ4v) is 1.73. The number of carbonyl (C=O) groups is 2. The molecule has 0 saturated carbocycles. The van der Waals surface area contributed by atoms with Crippen LogP contribution in [0.2, 0.25) is 0 Å². The SMILES string of the molecule is NC(=O)c1cc(OBOc2ccc(F)c(C(N)=O)c2)ccc1F. The van der Waals surface area contributed by atoms with E-state index in [1.54, 1.807) is 0 Å². The minimum atomic E-state index is -0.932. The normalized spacial score (nSPS) is 10.0. The summed E-state index contributed by atoms with van der Waals surface area (Å²) in [4.78, 5) is 22.0. The summed E-state index contributed by atoms with van der Waals surface area (Å²) in [5, 5.41) is 0. The van der Waals surface area contributed by atoms with E-state index in [2.05, 4.69) is 0 Å². The van der Waals surface area contributed by atoms with Gasteiger partial charge in [0.25, 0.3) is 11.8 Å². The Balaban J connectivity index is 2.03. The van der Waals surface area contributed by atoms with Crippen LogP contribution in [0.5, 0.6) is 11.5 Å². The molecule has 0 heterocycles. The summed E-state index contributed by atoms with van der Waals surface area (Å²) >= 11 is 0. The molecule has 0 bridgehead atoms. The smallest absolute Gasteiger partial charge is 0.528 e. The molecule has 0 fully saturated rings. The maximum Gasteiger partial charge on any atom is 0.576 e. The molecule has 9 heteroatoms. The van der Waals surface area contributed by atoms with Gasteiger partial charge < -0.3 is 20.8 Å². The Hall–Kier alpha value is -3.10. The summed E-state index contributed by atoms with van der Waals surface area (Å²) in [6, 6.07) is 6.87. The van der Waals surface area contributed by atoms with E-state index in [9.17, 15) is 18.4 Å². The lowest BCUT2D eigenvalue weighted by atomic mass is 10.1. The molecule has 0 saturated heterocycles. The Bertz CT molecular complexity index is 707. The molecule has 0 spiro atoms. The van der Waals surface area contributed by atoms with E-state index in [-0.39, 0.29) is 30.3 Å². The van der Waals surface area contributed by atoms with Gasteiger partial charge in [0.2, 0.25) is 0 Å². The van der Waals surface area contributed by atoms with E-state index in [1.165, 1.54) is 12.1 Å². The highest BCUT2D eigenvalue weighted by Crippen LogP contribution is 2.18. The van der Waals surface area contributed by atoms with E-state index in [4.69, 9.17) is 20.8 Å². The fourth-order valence-electron chi connectivity index (χ4n) is 1.73. The van der Waals surface area contributed by atoms with Crippen molar-refractivity contribution in [1.29, 1.82) is 0 Å². The Kier molecular flexibility index (Phi) is 4.80. The van der Waals surface area contributed by atoms with Crippen molar-refractivity contribution >= 4 is 19.5 Å². The molecule has 0 unspecified atom stereocenters. The molecular formula is C14H11BF2N2O4. The number of halogens is 2. The predicted octanol–water partition coefficient (Wildman–Crippen LogP) is 0.887. The average molecular weight is 320 g/mol. The van der Waals surface area contributed by atoms with Crippen molar-refractivity contribution in [3.8, 4) is 11.5 Å². The topological polar surface area (TPSA) is 105 Å². The molecule has 23 heavy (non-hydrogen) atoms. The van der Waals surface area contributed by atoms with Crippen LogP contribution in [0, 0.1) is 11.6 Å². The third kappa shape index (κ3) is 3.97. The summed E-state index contributed by atoms with van der Waals surface area (Å²) in [6.07, 6.45) is 0. The molecule has 0 atom stereocenters. The minimum absolute atomic E-state index is 0.150. The third-order valence-corrected chi connectivity index (χ3v) is 2.86. The number of hydrogen-bond acceptors (Lipinski definition) is 4. The van der Waals surface area contributed by atoms with E-state index >= 15 is 0 Å². The molecule has 2 aromatic rings. The monoisotopic (exact) mass is 320 g/mol. The summed E-state index contributed by atoms with van der Waals surface area (Å²) < 4.78 is 37.0. The molecule has 0 radical (unpaired) electrons. The zero-order valence-electron chi connectivity index (χ0n) is 11.7. The quantitative estimate of drug-likeness (QED) is 0.771. The van der Waals surface area contributed by atoms with Gasteiger partial charge in [0, 0.05) is 0 Å². The molecule has 0 aliphatic heterocycles. The first-order chi connectivity index (χ1) is 10.9. The van der Waals surface area contributed by atoms with Gasteiger partial charge in [-0.2, -0.15) is 0 Å². The molecule has 0 aromatic heterocycles. The molecule has 6 nitrogen and oxygen atoms in total. The van der Waals surface area contributed by atoms with E-state index in [0.717, 1.165) is 24.3 Å². The lowest BCUT2D eigenvalue weighted by Gasteiger charge is -2.09. The van der Waals surface area contributed by atoms with Crippen LogP contribution in [0.4, 0.5) is 8.78 Å². The van der Waals surface area contributed by atoms with Crippen molar-refractivity contribution in [2.75, 3.05) is 0 Å². The van der Waals surface area contributed by atoms with Crippen LogP contribution in [0.15, 0.2) is 36.4 Å². The first-order valence-corrected chi connectivity index (χ1v) is 6.33. The van der Waals surface area contributed by atoms with Gasteiger partial charge in [-0.05, 0) is 36.4 Å². The zero-order chi connectivity index (χ0) is 17.0. The van der Waals surface area contributed by atoms with E-state index in [1.807, 2.05) is 0 Å². The van der Waals surface area contributed by atoms with Crippen molar-refractivity contribution in [2.45, 2.75) is 0 Å². The summed E-state index contributed by atoms with van der Waals surface area (Å²) in [6.45, 7) is 0. The third-order valence-electron chi connectivity index (χ3n) is 2.86.